The average Bonchev–Trinajstić information content (AvgIpc) is 3.35. The van der Waals surface area contributed by atoms with Gasteiger partial charge in [-0.05, 0) is 50.4 Å². The molecule has 30 heavy (non-hydrogen) atoms. The van der Waals surface area contributed by atoms with Gasteiger partial charge in [-0.15, -0.1) is 0 Å². The Morgan fingerprint density at radius 3 is 2.50 bits per heavy atom. The molecule has 1 saturated heterocycles. The van der Waals surface area contributed by atoms with Crippen LogP contribution in [0.3, 0.4) is 0 Å². The quantitative estimate of drug-likeness (QED) is 0.680. The molecule has 10 heteroatoms. The third kappa shape index (κ3) is 8.02. The molecule has 1 fully saturated rings. The number of hydrogen-bond acceptors (Lipinski definition) is 6. The molecule has 1 atom stereocenters. The van der Waals surface area contributed by atoms with E-state index in [2.05, 4.69) is 34.0 Å². The zero-order valence-electron chi connectivity index (χ0n) is 17.0. The van der Waals surface area contributed by atoms with Crippen molar-refractivity contribution in [1.82, 2.24) is 14.9 Å². The smallest absolute Gasteiger partial charge is 0.475 e. The molecule has 2 aromatic heterocycles. The molecular formula is C20H27F3N4O3. The molecule has 2 aromatic rings. The van der Waals surface area contributed by atoms with Gasteiger partial charge >= 0.3 is 12.1 Å². The maximum Gasteiger partial charge on any atom is 0.490 e. The summed E-state index contributed by atoms with van der Waals surface area (Å²) in [5, 5.41) is 10.7. The number of nitrogens with one attached hydrogen (secondary N) is 1. The lowest BCUT2D eigenvalue weighted by Crippen LogP contribution is -2.36. The SMILES string of the molecule is CC(C)C[C@@H](CN1CCCC1)Nc1nccc(-c2ccoc2)n1.O=C(O)C(F)(F)F. The van der Waals surface area contributed by atoms with Crippen molar-refractivity contribution in [1.29, 1.82) is 0 Å². The summed E-state index contributed by atoms with van der Waals surface area (Å²) in [6, 6.07) is 4.21. The fraction of sp³-hybridized carbons (Fsp3) is 0.550. The summed E-state index contributed by atoms with van der Waals surface area (Å²) in [6.45, 7) is 8.03. The van der Waals surface area contributed by atoms with Crippen molar-refractivity contribution in [2.24, 2.45) is 5.92 Å². The molecule has 0 unspecified atom stereocenters. The number of aromatic nitrogens is 2. The summed E-state index contributed by atoms with van der Waals surface area (Å²) in [7, 11) is 0. The van der Waals surface area contributed by atoms with Gasteiger partial charge in [-0.25, -0.2) is 14.8 Å². The predicted molar refractivity (Wildman–Crippen MR) is 106 cm³/mol. The second kappa shape index (κ2) is 11.0. The predicted octanol–water partition coefficient (Wildman–Crippen LogP) is 4.29. The topological polar surface area (TPSA) is 91.5 Å². The molecule has 2 N–H and O–H groups in total. The number of aliphatic carboxylic acids is 1. The van der Waals surface area contributed by atoms with Gasteiger partial charge in [0.1, 0.15) is 0 Å². The second-order valence-electron chi connectivity index (χ2n) is 7.56. The van der Waals surface area contributed by atoms with Crippen molar-refractivity contribution in [3.63, 3.8) is 0 Å². The molecule has 3 heterocycles. The molecule has 0 aromatic carbocycles. The summed E-state index contributed by atoms with van der Waals surface area (Å²) in [5.74, 6) is -1.41. The number of alkyl halides is 3. The Bertz CT molecular complexity index is 776. The van der Waals surface area contributed by atoms with Crippen molar-refractivity contribution in [2.45, 2.75) is 45.3 Å². The Morgan fingerprint density at radius 2 is 1.97 bits per heavy atom. The molecule has 0 bridgehead atoms. The van der Waals surface area contributed by atoms with Crippen LogP contribution in [-0.4, -0.2) is 57.8 Å². The first-order chi connectivity index (χ1) is 14.1. The molecule has 0 radical (unpaired) electrons. The fourth-order valence-corrected chi connectivity index (χ4v) is 3.21. The first kappa shape index (κ1) is 23.7. The number of carboxylic acids is 1. The molecule has 0 amide bonds. The number of carboxylic acid groups (broad SMARTS) is 1. The molecule has 0 spiro atoms. The van der Waals surface area contributed by atoms with Crippen molar-refractivity contribution < 1.29 is 27.5 Å². The number of hydrogen-bond donors (Lipinski definition) is 2. The van der Waals surface area contributed by atoms with E-state index in [4.69, 9.17) is 14.3 Å². The normalized spacial score (nSPS) is 15.5. The van der Waals surface area contributed by atoms with Crippen LogP contribution in [0.25, 0.3) is 11.3 Å². The number of nitrogens with zero attached hydrogens (tertiary/aromatic N) is 3. The van der Waals surface area contributed by atoms with E-state index < -0.39 is 12.1 Å². The van der Waals surface area contributed by atoms with Crippen molar-refractivity contribution in [2.75, 3.05) is 25.0 Å². The standard InChI is InChI=1S/C18H26N4O.C2HF3O2/c1-14(2)11-16(12-22-8-3-4-9-22)20-18-19-7-5-17(21-18)15-6-10-23-13-15;3-2(4,5)1(6)7/h5-7,10,13-14,16H,3-4,8-9,11-12H2,1-2H3,(H,19,20,21);(H,6,7)/t16-;/m0./s1. The van der Waals surface area contributed by atoms with Crippen molar-refractivity contribution >= 4 is 11.9 Å². The Hall–Kier alpha value is -2.62. The van der Waals surface area contributed by atoms with Gasteiger partial charge in [0, 0.05) is 24.3 Å². The van der Waals surface area contributed by atoms with Crippen molar-refractivity contribution in [3.8, 4) is 11.3 Å². The van der Waals surface area contributed by atoms with E-state index in [1.54, 1.807) is 18.7 Å². The first-order valence-electron chi connectivity index (χ1n) is 9.79. The first-order valence-corrected chi connectivity index (χ1v) is 9.79. The van der Waals surface area contributed by atoms with E-state index in [1.165, 1.54) is 25.9 Å². The van der Waals surface area contributed by atoms with Gasteiger partial charge in [-0.2, -0.15) is 13.2 Å². The van der Waals surface area contributed by atoms with Gasteiger partial charge in [0.2, 0.25) is 5.95 Å². The number of rotatable bonds is 7. The van der Waals surface area contributed by atoms with Gasteiger partial charge in [0.15, 0.2) is 0 Å². The third-order valence-electron chi connectivity index (χ3n) is 4.48. The summed E-state index contributed by atoms with van der Waals surface area (Å²) < 4.78 is 36.9. The monoisotopic (exact) mass is 428 g/mol. The maximum absolute atomic E-state index is 10.6. The average molecular weight is 428 g/mol. The summed E-state index contributed by atoms with van der Waals surface area (Å²) in [4.78, 5) is 20.5. The maximum atomic E-state index is 10.6. The summed E-state index contributed by atoms with van der Waals surface area (Å²) in [6.07, 6.45) is 3.86. The third-order valence-corrected chi connectivity index (χ3v) is 4.48. The van der Waals surface area contributed by atoms with E-state index >= 15 is 0 Å². The van der Waals surface area contributed by atoms with Gasteiger partial charge in [-0.3, -0.25) is 0 Å². The molecule has 0 saturated carbocycles. The van der Waals surface area contributed by atoms with Crippen LogP contribution >= 0.6 is 0 Å². The Labute approximate surface area is 173 Å². The lowest BCUT2D eigenvalue weighted by molar-refractivity contribution is -0.192. The van der Waals surface area contributed by atoms with Crippen LogP contribution in [0.15, 0.2) is 35.3 Å². The van der Waals surface area contributed by atoms with E-state index in [0.717, 1.165) is 24.2 Å². The Morgan fingerprint density at radius 1 is 1.30 bits per heavy atom. The summed E-state index contributed by atoms with van der Waals surface area (Å²) >= 11 is 0. The number of anilines is 1. The van der Waals surface area contributed by atoms with E-state index in [1.807, 2.05) is 12.1 Å². The molecule has 0 aliphatic carbocycles. The minimum Gasteiger partial charge on any atom is -0.475 e. The number of carbonyl (C=O) groups is 1. The number of furan rings is 1. The molecule has 3 rings (SSSR count). The van der Waals surface area contributed by atoms with Crippen LogP contribution < -0.4 is 5.32 Å². The largest absolute Gasteiger partial charge is 0.490 e. The molecular weight excluding hydrogens is 401 g/mol. The Balaban J connectivity index is 0.000000396. The van der Waals surface area contributed by atoms with Crippen LogP contribution in [0.4, 0.5) is 19.1 Å². The van der Waals surface area contributed by atoms with Crippen LogP contribution in [0.1, 0.15) is 33.1 Å². The van der Waals surface area contributed by atoms with E-state index in [9.17, 15) is 13.2 Å². The van der Waals surface area contributed by atoms with Crippen LogP contribution in [0.5, 0.6) is 0 Å². The molecule has 1 aliphatic rings. The highest BCUT2D eigenvalue weighted by Gasteiger charge is 2.38. The lowest BCUT2D eigenvalue weighted by Gasteiger charge is -2.26. The van der Waals surface area contributed by atoms with Gasteiger partial charge in [-0.1, -0.05) is 13.8 Å². The number of likely N-dealkylation sites (tertiary alicyclic amines) is 1. The zero-order valence-corrected chi connectivity index (χ0v) is 17.0. The van der Waals surface area contributed by atoms with Crippen molar-refractivity contribution in [3.05, 3.63) is 30.9 Å². The highest BCUT2D eigenvalue weighted by molar-refractivity contribution is 5.73. The van der Waals surface area contributed by atoms with Gasteiger partial charge < -0.3 is 19.7 Å². The molecule has 166 valence electrons. The minimum atomic E-state index is -5.08. The minimum absolute atomic E-state index is 0.382. The highest BCUT2D eigenvalue weighted by atomic mass is 19.4. The number of halogens is 3. The van der Waals surface area contributed by atoms with E-state index in [-0.39, 0.29) is 0 Å². The Kier molecular flexibility index (Phi) is 8.64. The second-order valence-corrected chi connectivity index (χ2v) is 7.56. The fourth-order valence-electron chi connectivity index (χ4n) is 3.21. The van der Waals surface area contributed by atoms with Gasteiger partial charge in [0.25, 0.3) is 0 Å². The summed E-state index contributed by atoms with van der Waals surface area (Å²) in [5.41, 5.74) is 1.87. The molecule has 7 nitrogen and oxygen atoms in total. The zero-order chi connectivity index (χ0) is 22.1. The van der Waals surface area contributed by atoms with Gasteiger partial charge in [0.05, 0.1) is 18.2 Å². The van der Waals surface area contributed by atoms with Crippen LogP contribution in [0, 0.1) is 5.92 Å². The van der Waals surface area contributed by atoms with Crippen LogP contribution in [-0.2, 0) is 4.79 Å². The lowest BCUT2D eigenvalue weighted by atomic mass is 10.0. The highest BCUT2D eigenvalue weighted by Crippen LogP contribution is 2.19. The van der Waals surface area contributed by atoms with Crippen LogP contribution in [0.2, 0.25) is 0 Å². The van der Waals surface area contributed by atoms with E-state index in [0.29, 0.717) is 17.9 Å². The molecule has 1 aliphatic heterocycles.